The number of hydrogen-bond donors (Lipinski definition) is 2. The number of benzene rings is 2. The molecule has 0 spiro atoms. The number of ether oxygens (including phenoxy) is 2. The van der Waals surface area contributed by atoms with Crippen LogP contribution in [0.1, 0.15) is 63.2 Å². The lowest BCUT2D eigenvalue weighted by atomic mass is 10.1. The van der Waals surface area contributed by atoms with Gasteiger partial charge in [-0.05, 0) is 58.6 Å². The number of aryl methyl sites for hydroxylation is 1. The second-order valence-corrected chi connectivity index (χ2v) is 9.37. The van der Waals surface area contributed by atoms with Gasteiger partial charge in [-0.15, -0.1) is 0 Å². The van der Waals surface area contributed by atoms with Gasteiger partial charge in [-0.2, -0.15) is 0 Å². The third-order valence-corrected chi connectivity index (χ3v) is 5.22. The third-order valence-electron chi connectivity index (χ3n) is 5.22. The number of unbranched alkanes of at least 4 members (excludes halogenated alkanes) is 1. The zero-order valence-corrected chi connectivity index (χ0v) is 20.8. The number of carbonyl (C=O) groups is 2. The Morgan fingerprint density at radius 1 is 0.943 bits per heavy atom. The molecule has 35 heavy (non-hydrogen) atoms. The van der Waals surface area contributed by atoms with Crippen LogP contribution in [-0.2, 0) is 16.1 Å². The van der Waals surface area contributed by atoms with Gasteiger partial charge in [0.05, 0.1) is 11.6 Å². The minimum Gasteiger partial charge on any atom is -0.445 e. The molecule has 8 nitrogen and oxygen atoms in total. The van der Waals surface area contributed by atoms with Gasteiger partial charge in [-0.3, -0.25) is 0 Å². The van der Waals surface area contributed by atoms with E-state index in [1.165, 1.54) is 0 Å². The van der Waals surface area contributed by atoms with E-state index in [-0.39, 0.29) is 6.61 Å². The average molecular weight is 479 g/mol. The predicted molar refractivity (Wildman–Crippen MR) is 135 cm³/mol. The van der Waals surface area contributed by atoms with Gasteiger partial charge in [-0.1, -0.05) is 48.5 Å². The molecule has 0 aliphatic heterocycles. The van der Waals surface area contributed by atoms with Crippen molar-refractivity contribution in [2.75, 3.05) is 6.54 Å². The highest BCUT2D eigenvalue weighted by atomic mass is 16.6. The van der Waals surface area contributed by atoms with Gasteiger partial charge in [0.25, 0.3) is 0 Å². The van der Waals surface area contributed by atoms with Crippen molar-refractivity contribution in [1.82, 2.24) is 20.6 Å². The second kappa shape index (κ2) is 12.1. The molecule has 0 fully saturated rings. The van der Waals surface area contributed by atoms with Crippen molar-refractivity contribution < 1.29 is 19.1 Å². The number of amides is 2. The maximum absolute atomic E-state index is 12.5. The Bertz CT molecular complexity index is 1130. The van der Waals surface area contributed by atoms with Crippen LogP contribution in [0.4, 0.5) is 9.59 Å². The lowest BCUT2D eigenvalue weighted by molar-refractivity contribution is 0.0498. The first-order chi connectivity index (χ1) is 16.7. The zero-order chi connectivity index (χ0) is 25.3. The molecule has 2 amide bonds. The predicted octanol–water partition coefficient (Wildman–Crippen LogP) is 5.60. The molecule has 1 heterocycles. The van der Waals surface area contributed by atoms with Crippen LogP contribution in [0.15, 0.2) is 54.6 Å². The molecule has 8 heteroatoms. The first-order valence-corrected chi connectivity index (χ1v) is 11.9. The van der Waals surface area contributed by atoms with Crippen LogP contribution in [0, 0.1) is 6.92 Å². The molecule has 2 aromatic carbocycles. The first kappa shape index (κ1) is 25.9. The van der Waals surface area contributed by atoms with E-state index in [1.54, 1.807) is 0 Å². The highest BCUT2D eigenvalue weighted by Crippen LogP contribution is 2.22. The van der Waals surface area contributed by atoms with Gasteiger partial charge in [0.2, 0.25) is 0 Å². The Morgan fingerprint density at radius 3 is 2.40 bits per heavy atom. The summed E-state index contributed by atoms with van der Waals surface area (Å²) in [5.74, 6) is 0.544. The second-order valence-electron chi connectivity index (χ2n) is 9.37. The number of hydrogen-bond acceptors (Lipinski definition) is 6. The normalized spacial score (nSPS) is 12.1. The van der Waals surface area contributed by atoms with Crippen LogP contribution >= 0.6 is 0 Å². The maximum Gasteiger partial charge on any atom is 0.408 e. The van der Waals surface area contributed by atoms with Crippen LogP contribution in [-0.4, -0.2) is 34.3 Å². The summed E-state index contributed by atoms with van der Waals surface area (Å²) < 4.78 is 10.7. The van der Waals surface area contributed by atoms with Gasteiger partial charge < -0.3 is 20.1 Å². The van der Waals surface area contributed by atoms with Crippen molar-refractivity contribution in [3.05, 3.63) is 71.7 Å². The van der Waals surface area contributed by atoms with Crippen LogP contribution in [0.2, 0.25) is 0 Å². The molecule has 1 aromatic heterocycles. The molecule has 0 unspecified atom stereocenters. The van der Waals surface area contributed by atoms with Crippen LogP contribution < -0.4 is 10.6 Å². The number of nitrogens with one attached hydrogen (secondary N) is 2. The number of rotatable bonds is 9. The van der Waals surface area contributed by atoms with Gasteiger partial charge in [-0.25, -0.2) is 19.6 Å². The summed E-state index contributed by atoms with van der Waals surface area (Å²) >= 11 is 0. The van der Waals surface area contributed by atoms with Gasteiger partial charge in [0.15, 0.2) is 5.82 Å². The van der Waals surface area contributed by atoms with Crippen molar-refractivity contribution in [2.24, 2.45) is 0 Å². The quantitative estimate of drug-likeness (QED) is 0.388. The first-order valence-electron chi connectivity index (χ1n) is 11.9. The van der Waals surface area contributed by atoms with E-state index >= 15 is 0 Å². The number of aromatic nitrogens is 2. The minimum atomic E-state index is -0.612. The fourth-order valence-corrected chi connectivity index (χ4v) is 3.57. The van der Waals surface area contributed by atoms with E-state index in [1.807, 2.05) is 82.3 Å². The van der Waals surface area contributed by atoms with Crippen LogP contribution in [0.5, 0.6) is 0 Å². The van der Waals surface area contributed by atoms with Gasteiger partial charge in [0, 0.05) is 17.6 Å². The van der Waals surface area contributed by atoms with Crippen LogP contribution in [0.3, 0.4) is 0 Å². The molecule has 0 bridgehead atoms. The van der Waals surface area contributed by atoms with Crippen molar-refractivity contribution in [3.63, 3.8) is 0 Å². The third kappa shape index (κ3) is 8.55. The molecule has 0 aliphatic carbocycles. The van der Waals surface area contributed by atoms with Crippen molar-refractivity contribution in [1.29, 1.82) is 0 Å². The summed E-state index contributed by atoms with van der Waals surface area (Å²) in [5, 5.41) is 6.67. The summed E-state index contributed by atoms with van der Waals surface area (Å²) in [6.45, 7) is 8.09. The highest BCUT2D eigenvalue weighted by Gasteiger charge is 2.23. The molecule has 2 N–H and O–H groups in total. The fraction of sp³-hybridized carbons (Fsp3) is 0.407. The molecular formula is C27H34N4O4. The summed E-state index contributed by atoms with van der Waals surface area (Å²) in [5.41, 5.74) is 2.00. The summed E-state index contributed by atoms with van der Waals surface area (Å²) in [7, 11) is 0. The van der Waals surface area contributed by atoms with Gasteiger partial charge in [0.1, 0.15) is 12.2 Å². The molecule has 1 atom stereocenters. The Labute approximate surface area is 206 Å². The van der Waals surface area contributed by atoms with Crippen molar-refractivity contribution in [3.8, 4) is 0 Å². The largest absolute Gasteiger partial charge is 0.445 e. The highest BCUT2D eigenvalue weighted by molar-refractivity contribution is 5.80. The number of fused-ring (bicyclic) bond motifs is 1. The van der Waals surface area contributed by atoms with E-state index in [9.17, 15) is 9.59 Å². The lowest BCUT2D eigenvalue weighted by Crippen LogP contribution is -2.35. The Morgan fingerprint density at radius 2 is 1.66 bits per heavy atom. The van der Waals surface area contributed by atoms with E-state index < -0.39 is 23.8 Å². The van der Waals surface area contributed by atoms with E-state index in [4.69, 9.17) is 14.5 Å². The maximum atomic E-state index is 12.5. The summed E-state index contributed by atoms with van der Waals surface area (Å²) in [6, 6.07) is 16.9. The molecule has 0 radical (unpaired) electrons. The summed E-state index contributed by atoms with van der Waals surface area (Å²) in [4.78, 5) is 33.8. The van der Waals surface area contributed by atoms with E-state index in [2.05, 4.69) is 15.6 Å². The fourth-order valence-electron chi connectivity index (χ4n) is 3.57. The van der Waals surface area contributed by atoms with Crippen molar-refractivity contribution in [2.45, 2.75) is 65.2 Å². The molecule has 0 saturated carbocycles. The van der Waals surface area contributed by atoms with Gasteiger partial charge >= 0.3 is 12.2 Å². The van der Waals surface area contributed by atoms with Crippen LogP contribution in [0.25, 0.3) is 10.9 Å². The molecular weight excluding hydrogens is 444 g/mol. The van der Waals surface area contributed by atoms with E-state index in [0.717, 1.165) is 28.6 Å². The standard InChI is InChI=1S/C27H34N4O4/c1-19-21-14-8-9-15-22(21)30-24(29-19)23(31-26(33)35-27(2,3)4)16-10-11-17-28-25(32)34-18-20-12-6-5-7-13-20/h5-9,12-15,23H,10-11,16-18H2,1-4H3,(H,28,32)(H,31,33)/t23-/m0/s1. The molecule has 3 rings (SSSR count). The smallest absolute Gasteiger partial charge is 0.408 e. The topological polar surface area (TPSA) is 102 Å². The molecule has 3 aromatic rings. The molecule has 0 aliphatic rings. The number of alkyl carbamates (subject to hydrolysis) is 2. The number of para-hydroxylation sites is 1. The number of nitrogens with zero attached hydrogens (tertiary/aromatic N) is 2. The molecule has 0 saturated heterocycles. The zero-order valence-electron chi connectivity index (χ0n) is 20.8. The number of carbonyl (C=O) groups excluding carboxylic acids is 2. The summed E-state index contributed by atoms with van der Waals surface area (Å²) in [6.07, 6.45) is 1.07. The lowest BCUT2D eigenvalue weighted by Gasteiger charge is -2.23. The van der Waals surface area contributed by atoms with E-state index in [0.29, 0.717) is 25.2 Å². The molecule has 186 valence electrons. The van der Waals surface area contributed by atoms with Crippen molar-refractivity contribution >= 4 is 23.1 Å². The minimum absolute atomic E-state index is 0.229. The Balaban J connectivity index is 1.56. The SMILES string of the molecule is Cc1nc([C@H](CCCCNC(=O)OCc2ccccc2)NC(=O)OC(C)(C)C)nc2ccccc12. The Kier molecular flexibility index (Phi) is 9.00. The average Bonchev–Trinajstić information content (AvgIpc) is 2.81. The Hall–Kier alpha value is -3.68. The monoisotopic (exact) mass is 478 g/mol.